The lowest BCUT2D eigenvalue weighted by Gasteiger charge is -2.15. The van der Waals surface area contributed by atoms with Crippen molar-refractivity contribution in [2.45, 2.75) is 38.5 Å². The van der Waals surface area contributed by atoms with Gasteiger partial charge in [-0.3, -0.25) is 9.59 Å². The second-order valence-corrected chi connectivity index (χ2v) is 10.4. The van der Waals surface area contributed by atoms with E-state index in [9.17, 15) is 9.59 Å². The molecule has 11 heteroatoms. The summed E-state index contributed by atoms with van der Waals surface area (Å²) in [6.45, 7) is 6.37. The Morgan fingerprint density at radius 3 is 2.56 bits per heavy atom. The van der Waals surface area contributed by atoms with Crippen LogP contribution in [0.15, 0.2) is 59.8 Å². The van der Waals surface area contributed by atoms with Crippen LogP contribution < -0.4 is 10.6 Å². The Balaban J connectivity index is 1.38. The lowest BCUT2D eigenvalue weighted by atomic mass is 10.1. The number of benzene rings is 2. The first-order chi connectivity index (χ1) is 17.4. The van der Waals surface area contributed by atoms with Crippen molar-refractivity contribution in [3.63, 3.8) is 0 Å². The number of halogens is 1. The topological polar surface area (TPSA) is 102 Å². The number of carbonyl (C=O) groups excluding carboxylic acids is 2. The van der Waals surface area contributed by atoms with Crippen molar-refractivity contribution in [3.8, 4) is 11.3 Å². The molecule has 36 heavy (non-hydrogen) atoms. The van der Waals surface area contributed by atoms with Gasteiger partial charge in [-0.05, 0) is 32.9 Å². The van der Waals surface area contributed by atoms with E-state index in [-0.39, 0.29) is 17.6 Å². The van der Waals surface area contributed by atoms with Crippen molar-refractivity contribution in [2.75, 3.05) is 11.1 Å². The smallest absolute Gasteiger partial charge is 0.253 e. The van der Waals surface area contributed by atoms with E-state index in [1.54, 1.807) is 24.3 Å². The zero-order chi connectivity index (χ0) is 25.7. The van der Waals surface area contributed by atoms with Crippen LogP contribution in [-0.4, -0.2) is 37.3 Å². The Labute approximate surface area is 222 Å². The zero-order valence-corrected chi connectivity index (χ0v) is 22.4. The van der Waals surface area contributed by atoms with Crippen LogP contribution in [0.1, 0.15) is 40.9 Å². The molecule has 2 aromatic carbocycles. The lowest BCUT2D eigenvalue weighted by molar-refractivity contribution is -0.113. The predicted molar refractivity (Wildman–Crippen MR) is 145 cm³/mol. The minimum absolute atomic E-state index is 0.151. The molecule has 0 radical (unpaired) electrons. The van der Waals surface area contributed by atoms with Crippen LogP contribution in [0, 0.1) is 6.92 Å². The van der Waals surface area contributed by atoms with Crippen molar-refractivity contribution in [3.05, 3.63) is 75.9 Å². The number of aromatic nitrogens is 4. The van der Waals surface area contributed by atoms with Gasteiger partial charge in [-0.15, -0.1) is 21.5 Å². The Bertz CT molecular complexity index is 1370. The number of thioether (sulfide) groups is 1. The van der Waals surface area contributed by atoms with Gasteiger partial charge in [0.15, 0.2) is 16.1 Å². The molecule has 0 aliphatic rings. The van der Waals surface area contributed by atoms with Gasteiger partial charge in [0.05, 0.1) is 28.1 Å². The van der Waals surface area contributed by atoms with E-state index in [4.69, 9.17) is 11.6 Å². The maximum Gasteiger partial charge on any atom is 0.253 e. The first-order valence-corrected chi connectivity index (χ1v) is 13.5. The molecule has 0 saturated carbocycles. The number of amides is 2. The molecule has 186 valence electrons. The Morgan fingerprint density at radius 1 is 1.11 bits per heavy atom. The van der Waals surface area contributed by atoms with Crippen molar-refractivity contribution >= 4 is 51.6 Å². The average molecular weight is 541 g/mol. The predicted octanol–water partition coefficient (Wildman–Crippen LogP) is 5.61. The molecule has 0 spiro atoms. The summed E-state index contributed by atoms with van der Waals surface area (Å²) < 4.78 is 1.89. The number of anilines is 1. The number of aryl methyl sites for hydroxylation is 1. The molecule has 2 aromatic heterocycles. The van der Waals surface area contributed by atoms with Gasteiger partial charge in [0.1, 0.15) is 0 Å². The van der Waals surface area contributed by atoms with E-state index in [2.05, 4.69) is 25.8 Å². The summed E-state index contributed by atoms with van der Waals surface area (Å²) in [7, 11) is 0. The Hall–Kier alpha value is -3.21. The number of thiazole rings is 1. The first kappa shape index (κ1) is 25.9. The lowest BCUT2D eigenvalue weighted by Crippen LogP contribution is -2.29. The number of carbonyl (C=O) groups is 2. The molecule has 4 aromatic rings. The van der Waals surface area contributed by atoms with Crippen LogP contribution in [-0.2, 0) is 11.3 Å². The normalized spacial score (nSPS) is 11.8. The molecule has 0 unspecified atom stereocenters. The monoisotopic (exact) mass is 540 g/mol. The second kappa shape index (κ2) is 11.7. The molecule has 4 rings (SSSR count). The number of hydrogen-bond donors (Lipinski definition) is 2. The summed E-state index contributed by atoms with van der Waals surface area (Å²) in [5, 5.41) is 15.9. The van der Waals surface area contributed by atoms with E-state index < -0.39 is 6.04 Å². The van der Waals surface area contributed by atoms with Crippen molar-refractivity contribution < 1.29 is 9.59 Å². The van der Waals surface area contributed by atoms with Gasteiger partial charge in [0, 0.05) is 17.0 Å². The summed E-state index contributed by atoms with van der Waals surface area (Å²) in [4.78, 5) is 30.9. The standard InChI is InChI=1S/C25H25ClN6O2S2/c1-4-32-22(15(2)27-23(34)18-12-8-9-13-19(18)26)30-31-25(32)35-14-20(33)28-24-29-21(16(3)36-24)17-10-6-5-7-11-17/h5-13,15H,4,14H2,1-3H3,(H,27,34)(H,28,29,33)/t15-/m1/s1. The minimum atomic E-state index is -0.404. The van der Waals surface area contributed by atoms with Gasteiger partial charge < -0.3 is 15.2 Å². The summed E-state index contributed by atoms with van der Waals surface area (Å²) >= 11 is 8.87. The van der Waals surface area contributed by atoms with Crippen LogP contribution in [0.25, 0.3) is 11.3 Å². The maximum atomic E-state index is 12.6. The molecule has 0 aliphatic carbocycles. The zero-order valence-electron chi connectivity index (χ0n) is 20.0. The number of hydrogen-bond acceptors (Lipinski definition) is 7. The third kappa shape index (κ3) is 5.95. The van der Waals surface area contributed by atoms with Crippen LogP contribution in [0.4, 0.5) is 5.13 Å². The third-order valence-corrected chi connectivity index (χ3v) is 7.52. The summed E-state index contributed by atoms with van der Waals surface area (Å²) in [5.41, 5.74) is 2.28. The molecular formula is C25H25ClN6O2S2. The fourth-order valence-electron chi connectivity index (χ4n) is 3.61. The highest BCUT2D eigenvalue weighted by Crippen LogP contribution is 2.30. The van der Waals surface area contributed by atoms with Gasteiger partial charge in [-0.2, -0.15) is 0 Å². The van der Waals surface area contributed by atoms with Crippen LogP contribution in [0.5, 0.6) is 0 Å². The fourth-order valence-corrected chi connectivity index (χ4v) is 5.49. The van der Waals surface area contributed by atoms with Gasteiger partial charge in [0.25, 0.3) is 5.91 Å². The molecule has 0 aliphatic heterocycles. The quantitative estimate of drug-likeness (QED) is 0.268. The average Bonchev–Trinajstić information content (AvgIpc) is 3.46. The number of rotatable bonds is 9. The number of nitrogens with one attached hydrogen (secondary N) is 2. The van der Waals surface area contributed by atoms with E-state index in [1.807, 2.05) is 55.7 Å². The summed E-state index contributed by atoms with van der Waals surface area (Å²) in [6.07, 6.45) is 0. The highest BCUT2D eigenvalue weighted by atomic mass is 35.5. The van der Waals surface area contributed by atoms with E-state index in [1.165, 1.54) is 23.1 Å². The van der Waals surface area contributed by atoms with Crippen molar-refractivity contribution in [2.24, 2.45) is 0 Å². The Kier molecular flexibility index (Phi) is 8.40. The van der Waals surface area contributed by atoms with Gasteiger partial charge in [-0.1, -0.05) is 65.8 Å². The van der Waals surface area contributed by atoms with E-state index >= 15 is 0 Å². The molecule has 2 N–H and O–H groups in total. The third-order valence-electron chi connectivity index (χ3n) is 5.34. The molecular weight excluding hydrogens is 516 g/mol. The molecule has 2 amide bonds. The van der Waals surface area contributed by atoms with Crippen LogP contribution >= 0.6 is 34.7 Å². The maximum absolute atomic E-state index is 12.6. The van der Waals surface area contributed by atoms with E-state index in [0.717, 1.165) is 16.1 Å². The molecule has 2 heterocycles. The molecule has 0 saturated heterocycles. The Morgan fingerprint density at radius 2 is 1.83 bits per heavy atom. The van der Waals surface area contributed by atoms with Crippen molar-refractivity contribution in [1.29, 1.82) is 0 Å². The highest BCUT2D eigenvalue weighted by molar-refractivity contribution is 7.99. The van der Waals surface area contributed by atoms with Gasteiger partial charge in [0.2, 0.25) is 5.91 Å². The van der Waals surface area contributed by atoms with Crippen LogP contribution in [0.2, 0.25) is 5.02 Å². The van der Waals surface area contributed by atoms with Gasteiger partial charge in [-0.25, -0.2) is 4.98 Å². The second-order valence-electron chi connectivity index (χ2n) is 7.89. The van der Waals surface area contributed by atoms with Gasteiger partial charge >= 0.3 is 0 Å². The highest BCUT2D eigenvalue weighted by Gasteiger charge is 2.21. The first-order valence-electron chi connectivity index (χ1n) is 11.3. The van der Waals surface area contributed by atoms with E-state index in [0.29, 0.717) is 33.2 Å². The SMILES string of the molecule is CCn1c(SCC(=O)Nc2nc(-c3ccccc3)c(C)s2)nnc1[C@@H](C)NC(=O)c1ccccc1Cl. The molecule has 0 bridgehead atoms. The largest absolute Gasteiger partial charge is 0.342 e. The molecule has 8 nitrogen and oxygen atoms in total. The minimum Gasteiger partial charge on any atom is -0.342 e. The molecule has 0 fully saturated rings. The van der Waals surface area contributed by atoms with Crippen molar-refractivity contribution in [1.82, 2.24) is 25.1 Å². The fraction of sp³-hybridized carbons (Fsp3) is 0.240. The number of nitrogens with zero attached hydrogens (tertiary/aromatic N) is 4. The summed E-state index contributed by atoms with van der Waals surface area (Å²) in [5.74, 6) is 0.281. The summed E-state index contributed by atoms with van der Waals surface area (Å²) in [6, 6.07) is 16.3. The van der Waals surface area contributed by atoms with Crippen LogP contribution in [0.3, 0.4) is 0 Å². The molecule has 1 atom stereocenters.